The minimum atomic E-state index is -4.33. The van der Waals surface area contributed by atoms with E-state index >= 15 is 0 Å². The van der Waals surface area contributed by atoms with E-state index in [1.54, 1.807) is 0 Å². The molecule has 4 rings (SSSR count). The van der Waals surface area contributed by atoms with Gasteiger partial charge in [-0.25, -0.2) is 11.1 Å². The smallest absolute Gasteiger partial charge is 0.508 e. The zero-order valence-electron chi connectivity index (χ0n) is 23.4. The quantitative estimate of drug-likeness (QED) is 0.249. The minimum absolute atomic E-state index is 0. The summed E-state index contributed by atoms with van der Waals surface area (Å²) in [4.78, 5) is 0. The van der Waals surface area contributed by atoms with Crippen LogP contribution in [0.5, 0.6) is 11.5 Å². The van der Waals surface area contributed by atoms with Crippen LogP contribution in [0, 0.1) is 24.0 Å². The summed E-state index contributed by atoms with van der Waals surface area (Å²) in [6.07, 6.45) is 7.36. The first kappa shape index (κ1) is 36.5. The van der Waals surface area contributed by atoms with E-state index in [0.29, 0.717) is 11.8 Å². The van der Waals surface area contributed by atoms with Gasteiger partial charge in [-0.2, -0.15) is 49.6 Å². The molecular weight excluding hydrogens is 622 g/mol. The van der Waals surface area contributed by atoms with Crippen LogP contribution in [0.15, 0.2) is 83.0 Å². The molecule has 0 aromatic heterocycles. The number of halogens is 6. The zero-order valence-corrected chi connectivity index (χ0v) is 25.9. The monoisotopic (exact) mass is 654 g/mol. The Hall–Kier alpha value is -2.54. The molecule has 9 heteroatoms. The molecule has 41 heavy (non-hydrogen) atoms. The number of rotatable bonds is 5. The number of hydrogen-bond donors (Lipinski definition) is 2. The predicted molar refractivity (Wildman–Crippen MR) is 144 cm³/mol. The van der Waals surface area contributed by atoms with Crippen molar-refractivity contribution in [1.82, 2.24) is 0 Å². The van der Waals surface area contributed by atoms with E-state index in [0.717, 1.165) is 74.2 Å². The fourth-order valence-electron chi connectivity index (χ4n) is 4.20. The van der Waals surface area contributed by atoms with Crippen LogP contribution >= 0.6 is 0 Å². The Labute approximate surface area is 257 Å². The van der Waals surface area contributed by atoms with Crippen molar-refractivity contribution in [3.8, 4) is 11.5 Å². The van der Waals surface area contributed by atoms with Crippen LogP contribution < -0.4 is 0 Å². The van der Waals surface area contributed by atoms with Crippen LogP contribution in [0.1, 0.15) is 64.5 Å². The molecule has 0 spiro atoms. The third-order valence-electron chi connectivity index (χ3n) is 6.23. The average Bonchev–Trinajstić information content (AvgIpc) is 3.53. The fourth-order valence-corrected chi connectivity index (χ4v) is 4.20. The second-order valence-electron chi connectivity index (χ2n) is 9.94. The minimum Gasteiger partial charge on any atom is -0.508 e. The SMILES string of the molecule is CC(C)C1=CC[C-]=C1CCC1=[C-]CC=C1C(C)C.Oc1ccc(C(F)(F)F)cc1.Oc1ccc(C(F)(F)F)cc1.[Zr+2]. The summed E-state index contributed by atoms with van der Waals surface area (Å²) in [5.74, 6) is 0.935. The Bertz CT molecular complexity index is 1120. The fraction of sp³-hybridized carbons (Fsp3) is 0.375. The van der Waals surface area contributed by atoms with E-state index in [9.17, 15) is 26.3 Å². The van der Waals surface area contributed by atoms with E-state index in [4.69, 9.17) is 10.2 Å². The first-order valence-corrected chi connectivity index (χ1v) is 12.9. The molecule has 2 N–H and O–H groups in total. The molecule has 2 aromatic rings. The van der Waals surface area contributed by atoms with Crippen molar-refractivity contribution < 1.29 is 62.8 Å². The third kappa shape index (κ3) is 12.1. The summed E-state index contributed by atoms with van der Waals surface area (Å²) in [7, 11) is 0. The molecule has 2 nitrogen and oxygen atoms in total. The van der Waals surface area contributed by atoms with Crippen LogP contribution in [0.25, 0.3) is 0 Å². The summed E-state index contributed by atoms with van der Waals surface area (Å²) in [6, 6.07) is 7.33. The number of aromatic hydroxyl groups is 2. The molecule has 0 radical (unpaired) electrons. The van der Waals surface area contributed by atoms with Crippen LogP contribution in [0.4, 0.5) is 26.3 Å². The number of allylic oxidation sites excluding steroid dienone is 8. The maximum atomic E-state index is 11.8. The molecule has 0 unspecified atom stereocenters. The molecule has 0 aliphatic heterocycles. The molecule has 2 aliphatic carbocycles. The van der Waals surface area contributed by atoms with Gasteiger partial charge in [-0.05, 0) is 48.5 Å². The van der Waals surface area contributed by atoms with Gasteiger partial charge in [0.2, 0.25) is 0 Å². The molecule has 2 aliphatic rings. The van der Waals surface area contributed by atoms with Crippen LogP contribution in [0.3, 0.4) is 0 Å². The molecule has 0 bridgehead atoms. The summed E-state index contributed by atoms with van der Waals surface area (Å²) in [5.41, 5.74) is 4.43. The van der Waals surface area contributed by atoms with Crippen molar-refractivity contribution in [1.29, 1.82) is 0 Å². The van der Waals surface area contributed by atoms with Crippen molar-refractivity contribution in [2.45, 2.75) is 65.7 Å². The van der Waals surface area contributed by atoms with Crippen LogP contribution in [0.2, 0.25) is 0 Å². The zero-order chi connectivity index (χ0) is 30.1. The average molecular weight is 656 g/mol. The number of benzene rings is 2. The van der Waals surface area contributed by atoms with Gasteiger partial charge in [-0.15, -0.1) is 12.8 Å². The van der Waals surface area contributed by atoms with Gasteiger partial charge < -0.3 is 10.2 Å². The standard InChI is InChI=1S/C18H24.2C7H5F3O.Zr/c1-13(2)17-9-5-7-15(17)11-12-16-8-6-10-18(16)14(3)4;2*8-7(9,10)5-1-3-6(11)4-2-5;/h9-10,13-14H,5-6,11-12H2,1-4H3;2*1-4,11H;/q-2;;;+2. The van der Waals surface area contributed by atoms with E-state index < -0.39 is 23.5 Å². The van der Waals surface area contributed by atoms with Gasteiger partial charge in [0.25, 0.3) is 0 Å². The topological polar surface area (TPSA) is 40.5 Å². The van der Waals surface area contributed by atoms with Crippen LogP contribution in [-0.2, 0) is 38.6 Å². The molecular formula is C32H34F6O2Zr. The Balaban J connectivity index is 0.000000320. The molecule has 0 saturated carbocycles. The summed E-state index contributed by atoms with van der Waals surface area (Å²) < 4.78 is 71.0. The van der Waals surface area contributed by atoms with E-state index in [1.165, 1.54) is 22.3 Å². The van der Waals surface area contributed by atoms with Gasteiger partial charge in [-0.1, -0.05) is 52.4 Å². The Morgan fingerprint density at radius 2 is 0.902 bits per heavy atom. The molecule has 0 saturated heterocycles. The Morgan fingerprint density at radius 3 is 1.15 bits per heavy atom. The van der Waals surface area contributed by atoms with Gasteiger partial charge in [0.15, 0.2) is 0 Å². The number of alkyl halides is 6. The van der Waals surface area contributed by atoms with Gasteiger partial charge in [0.1, 0.15) is 11.5 Å². The predicted octanol–water partition coefficient (Wildman–Crippen LogP) is 10.0. The van der Waals surface area contributed by atoms with Crippen molar-refractivity contribution in [3.63, 3.8) is 0 Å². The molecule has 0 amide bonds. The van der Waals surface area contributed by atoms with Gasteiger partial charge in [0.05, 0.1) is 11.1 Å². The first-order valence-electron chi connectivity index (χ1n) is 12.9. The molecule has 0 fully saturated rings. The molecule has 0 atom stereocenters. The van der Waals surface area contributed by atoms with E-state index in [2.05, 4.69) is 52.0 Å². The van der Waals surface area contributed by atoms with Crippen molar-refractivity contribution in [3.05, 3.63) is 106 Å². The number of hydrogen-bond acceptors (Lipinski definition) is 2. The largest absolute Gasteiger partial charge is 2.00 e. The first-order chi connectivity index (χ1) is 18.6. The maximum Gasteiger partial charge on any atom is 2.00 e. The second kappa shape index (κ2) is 16.2. The Morgan fingerprint density at radius 1 is 0.610 bits per heavy atom. The van der Waals surface area contributed by atoms with Gasteiger partial charge in [0, 0.05) is 0 Å². The van der Waals surface area contributed by atoms with Gasteiger partial charge >= 0.3 is 38.6 Å². The summed E-state index contributed by atoms with van der Waals surface area (Å²) in [6.45, 7) is 9.11. The maximum absolute atomic E-state index is 11.8. The molecule has 2 aromatic carbocycles. The van der Waals surface area contributed by atoms with Crippen LogP contribution in [-0.4, -0.2) is 10.2 Å². The Kier molecular flexibility index (Phi) is 14.4. The second-order valence-corrected chi connectivity index (χ2v) is 9.94. The van der Waals surface area contributed by atoms with Crippen molar-refractivity contribution >= 4 is 0 Å². The number of phenols is 2. The van der Waals surface area contributed by atoms with Crippen molar-refractivity contribution in [2.75, 3.05) is 0 Å². The summed E-state index contributed by atoms with van der Waals surface area (Å²) >= 11 is 0. The molecule has 220 valence electrons. The third-order valence-corrected chi connectivity index (χ3v) is 6.23. The van der Waals surface area contributed by atoms with E-state index in [1.807, 2.05) is 0 Å². The van der Waals surface area contributed by atoms with Crippen molar-refractivity contribution in [2.24, 2.45) is 11.8 Å². The summed E-state index contributed by atoms with van der Waals surface area (Å²) in [5, 5.41) is 17.3. The number of phenolic OH excluding ortho intramolecular Hbond substituents is 2. The van der Waals surface area contributed by atoms with E-state index in [-0.39, 0.29) is 37.7 Å². The van der Waals surface area contributed by atoms with Gasteiger partial charge in [-0.3, -0.25) is 12.2 Å². The molecule has 0 heterocycles. The normalized spacial score (nSPS) is 14.6.